The van der Waals surface area contributed by atoms with Crippen molar-refractivity contribution in [2.45, 2.75) is 181 Å². The van der Waals surface area contributed by atoms with Gasteiger partial charge in [-0.25, -0.2) is 0 Å². The van der Waals surface area contributed by atoms with Crippen LogP contribution in [0.3, 0.4) is 0 Å². The molecule has 2 heterocycles. The maximum Gasteiger partial charge on any atom is 0.107 e. The van der Waals surface area contributed by atoms with Gasteiger partial charge in [-0.05, 0) is 24.7 Å². The van der Waals surface area contributed by atoms with E-state index in [1.165, 1.54) is 128 Å². The average Bonchev–Trinajstić information content (AvgIpc) is 3.72. The van der Waals surface area contributed by atoms with E-state index in [1.807, 2.05) is 0 Å². The van der Waals surface area contributed by atoms with Crippen LogP contribution in [0.4, 0.5) is 0 Å². The number of ether oxygens (including phenoxy) is 3. The molecule has 2 fully saturated rings. The van der Waals surface area contributed by atoms with Crippen LogP contribution in [0.2, 0.25) is 0 Å². The van der Waals surface area contributed by atoms with Crippen LogP contribution in [0.1, 0.15) is 156 Å². The summed E-state index contributed by atoms with van der Waals surface area (Å²) in [5.41, 5.74) is 0. The van der Waals surface area contributed by atoms with Crippen LogP contribution in [0.25, 0.3) is 0 Å². The molecule has 2 aliphatic heterocycles. The molecule has 0 radical (unpaired) electrons. The number of unbranched alkanes of at least 4 members (excludes halogenated alkanes) is 14. The van der Waals surface area contributed by atoms with Gasteiger partial charge in [0.15, 0.2) is 0 Å². The van der Waals surface area contributed by atoms with Crippen LogP contribution in [-0.4, -0.2) is 37.6 Å². The van der Waals surface area contributed by atoms with E-state index in [0.29, 0.717) is 24.4 Å². The third-order valence-corrected chi connectivity index (χ3v) is 7.94. The van der Waals surface area contributed by atoms with Gasteiger partial charge in [-0.1, -0.05) is 143 Å². The van der Waals surface area contributed by atoms with E-state index < -0.39 is 0 Å². The Hall–Kier alpha value is -0.120. The predicted octanol–water partition coefficient (Wildman–Crippen LogP) is 9.65. The van der Waals surface area contributed by atoms with Crippen LogP contribution < -0.4 is 0 Å². The molecule has 0 saturated carbocycles. The molecule has 2 rings (SSSR count). The lowest BCUT2D eigenvalue weighted by Crippen LogP contribution is -2.30. The van der Waals surface area contributed by atoms with Crippen LogP contribution in [0, 0.1) is 11.8 Å². The summed E-state index contributed by atoms with van der Waals surface area (Å²) < 4.78 is 18.0. The number of hydrogen-bond acceptors (Lipinski definition) is 3. The lowest BCUT2D eigenvalue weighted by Gasteiger charge is -2.23. The molecule has 0 bridgehead atoms. The molecule has 0 N–H and O–H groups in total. The number of hydrogen-bond donors (Lipinski definition) is 0. The fourth-order valence-corrected chi connectivity index (χ4v) is 5.37. The topological polar surface area (TPSA) is 34.3 Å². The maximum absolute atomic E-state index is 6.63. The second kappa shape index (κ2) is 19.9. The van der Waals surface area contributed by atoms with E-state index >= 15 is 0 Å². The van der Waals surface area contributed by atoms with Gasteiger partial charge >= 0.3 is 0 Å². The molecule has 0 amide bonds. The van der Waals surface area contributed by atoms with Gasteiger partial charge in [0.1, 0.15) is 12.2 Å². The summed E-state index contributed by atoms with van der Waals surface area (Å²) in [7, 11) is 0. The van der Waals surface area contributed by atoms with E-state index in [4.69, 9.17) is 14.2 Å². The van der Waals surface area contributed by atoms with E-state index in [2.05, 4.69) is 27.7 Å². The molecule has 35 heavy (non-hydrogen) atoms. The summed E-state index contributed by atoms with van der Waals surface area (Å²) in [6.45, 7) is 11.1. The largest absolute Gasteiger partial charge is 0.370 e. The Morgan fingerprint density at radius 3 is 0.971 bits per heavy atom. The molecule has 0 aliphatic carbocycles. The summed E-state index contributed by atoms with van der Waals surface area (Å²) in [4.78, 5) is 0. The molecule has 0 aromatic rings. The van der Waals surface area contributed by atoms with Crippen LogP contribution in [0.5, 0.6) is 0 Å². The van der Waals surface area contributed by atoms with E-state index in [0.717, 1.165) is 25.0 Å². The monoisotopic (exact) mass is 494 g/mol. The first-order valence-electron chi connectivity index (χ1n) is 15.9. The van der Waals surface area contributed by atoms with E-state index in [9.17, 15) is 0 Å². The minimum absolute atomic E-state index is 0.297. The minimum atomic E-state index is 0.297. The number of epoxide rings is 2. The Morgan fingerprint density at radius 1 is 0.457 bits per heavy atom. The average molecular weight is 495 g/mol. The predicted molar refractivity (Wildman–Crippen MR) is 150 cm³/mol. The van der Waals surface area contributed by atoms with Crippen LogP contribution in [-0.2, 0) is 14.2 Å². The molecule has 0 aromatic carbocycles. The standard InChI is InChI=1S/C32H62O3/c1-27(2)21-17-13-9-5-7-11-15-19-23-29(31-25-33-31)35-30(32-26-34-32)24-20-16-12-8-6-10-14-18-22-28(3)4/h27-32H,5-26H2,1-4H3. The van der Waals surface area contributed by atoms with Crippen molar-refractivity contribution in [3.05, 3.63) is 0 Å². The Kier molecular flexibility index (Phi) is 17.7. The summed E-state index contributed by atoms with van der Waals surface area (Å²) in [5, 5.41) is 0. The Balaban J connectivity index is 1.46. The molecule has 0 aromatic heterocycles. The van der Waals surface area contributed by atoms with Gasteiger partial charge in [-0.15, -0.1) is 0 Å². The summed E-state index contributed by atoms with van der Waals surface area (Å²) in [6.07, 6.45) is 28.7. The Morgan fingerprint density at radius 2 is 0.714 bits per heavy atom. The maximum atomic E-state index is 6.63. The zero-order chi connectivity index (χ0) is 25.1. The molecular formula is C32H62O3. The highest BCUT2D eigenvalue weighted by atomic mass is 16.6. The molecule has 3 nitrogen and oxygen atoms in total. The second-order valence-corrected chi connectivity index (χ2v) is 12.6. The van der Waals surface area contributed by atoms with Crippen molar-refractivity contribution in [1.82, 2.24) is 0 Å². The molecule has 4 unspecified atom stereocenters. The van der Waals surface area contributed by atoms with Crippen molar-refractivity contribution < 1.29 is 14.2 Å². The highest BCUT2D eigenvalue weighted by Crippen LogP contribution is 2.29. The lowest BCUT2D eigenvalue weighted by atomic mass is 10.0. The lowest BCUT2D eigenvalue weighted by molar-refractivity contribution is -0.0468. The fourth-order valence-electron chi connectivity index (χ4n) is 5.37. The molecule has 208 valence electrons. The van der Waals surface area contributed by atoms with Crippen molar-refractivity contribution in [2.24, 2.45) is 11.8 Å². The quantitative estimate of drug-likeness (QED) is 0.0886. The second-order valence-electron chi connectivity index (χ2n) is 12.6. The van der Waals surface area contributed by atoms with Crippen LogP contribution in [0.15, 0.2) is 0 Å². The van der Waals surface area contributed by atoms with Gasteiger partial charge in [0, 0.05) is 0 Å². The fraction of sp³-hybridized carbons (Fsp3) is 1.00. The molecule has 2 aliphatic rings. The summed E-state index contributed by atoms with van der Waals surface area (Å²) in [6, 6.07) is 0. The van der Waals surface area contributed by atoms with E-state index in [1.54, 1.807) is 0 Å². The smallest absolute Gasteiger partial charge is 0.107 e. The van der Waals surface area contributed by atoms with Gasteiger partial charge in [-0.2, -0.15) is 0 Å². The molecule has 4 atom stereocenters. The number of rotatable bonds is 26. The van der Waals surface area contributed by atoms with Crippen molar-refractivity contribution in [3.8, 4) is 0 Å². The van der Waals surface area contributed by atoms with Crippen molar-refractivity contribution in [1.29, 1.82) is 0 Å². The Labute approximate surface area is 219 Å². The van der Waals surface area contributed by atoms with Gasteiger partial charge in [-0.3, -0.25) is 0 Å². The van der Waals surface area contributed by atoms with Crippen molar-refractivity contribution in [2.75, 3.05) is 13.2 Å². The third kappa shape index (κ3) is 17.9. The first-order chi connectivity index (χ1) is 17.1. The third-order valence-electron chi connectivity index (χ3n) is 7.94. The van der Waals surface area contributed by atoms with Crippen molar-refractivity contribution in [3.63, 3.8) is 0 Å². The van der Waals surface area contributed by atoms with Gasteiger partial charge < -0.3 is 14.2 Å². The zero-order valence-electron chi connectivity index (χ0n) is 24.2. The molecule has 0 spiro atoms. The van der Waals surface area contributed by atoms with Gasteiger partial charge in [0.2, 0.25) is 0 Å². The van der Waals surface area contributed by atoms with Gasteiger partial charge in [0.25, 0.3) is 0 Å². The molecule has 3 heteroatoms. The minimum Gasteiger partial charge on any atom is -0.370 e. The SMILES string of the molecule is CC(C)CCCCCCCCCCC(OC(CCCCCCCCCCC(C)C)C1CO1)C1CO1. The summed E-state index contributed by atoms with van der Waals surface area (Å²) in [5.74, 6) is 1.73. The molecule has 2 saturated heterocycles. The molecular weight excluding hydrogens is 432 g/mol. The Bertz CT molecular complexity index is 427. The highest BCUT2D eigenvalue weighted by Gasteiger charge is 2.39. The first kappa shape index (κ1) is 31.1. The van der Waals surface area contributed by atoms with Gasteiger partial charge in [0.05, 0.1) is 25.4 Å². The van der Waals surface area contributed by atoms with Crippen LogP contribution >= 0.6 is 0 Å². The van der Waals surface area contributed by atoms with E-state index in [-0.39, 0.29) is 0 Å². The normalized spacial score (nSPS) is 21.1. The summed E-state index contributed by atoms with van der Waals surface area (Å²) >= 11 is 0. The highest BCUT2D eigenvalue weighted by molar-refractivity contribution is 4.86. The first-order valence-corrected chi connectivity index (χ1v) is 15.9. The zero-order valence-corrected chi connectivity index (χ0v) is 24.2. The van der Waals surface area contributed by atoms with Crippen molar-refractivity contribution >= 4 is 0 Å².